The first kappa shape index (κ1) is 15.9. The minimum Gasteiger partial charge on any atom is -0.481 e. The van der Waals surface area contributed by atoms with Gasteiger partial charge in [-0.1, -0.05) is 11.8 Å². The van der Waals surface area contributed by atoms with E-state index in [1.807, 2.05) is 6.92 Å². The Morgan fingerprint density at radius 1 is 1.48 bits per heavy atom. The fraction of sp³-hybridized carbons (Fsp3) is 0.417. The van der Waals surface area contributed by atoms with Crippen LogP contribution in [0.15, 0.2) is 9.95 Å². The number of halogens is 2. The van der Waals surface area contributed by atoms with Crippen molar-refractivity contribution in [1.82, 2.24) is 9.55 Å². The van der Waals surface area contributed by atoms with E-state index in [0.717, 1.165) is 26.8 Å². The zero-order valence-electron chi connectivity index (χ0n) is 11.2. The number of alkyl halides is 2. The highest BCUT2D eigenvalue weighted by molar-refractivity contribution is 7.99. The van der Waals surface area contributed by atoms with Crippen LogP contribution in [0.3, 0.4) is 0 Å². The van der Waals surface area contributed by atoms with Gasteiger partial charge < -0.3 is 5.11 Å². The van der Waals surface area contributed by atoms with Gasteiger partial charge in [-0.15, -0.1) is 11.3 Å². The number of aromatic nitrogens is 2. The number of carboxylic acids is 1. The van der Waals surface area contributed by atoms with Gasteiger partial charge in [0.05, 0.1) is 17.7 Å². The number of aryl methyl sites for hydroxylation is 2. The summed E-state index contributed by atoms with van der Waals surface area (Å²) in [6.07, 6.45) is -2.72. The van der Waals surface area contributed by atoms with E-state index >= 15 is 0 Å². The molecule has 0 aliphatic carbocycles. The Labute approximate surface area is 126 Å². The lowest BCUT2D eigenvalue weighted by Crippen LogP contribution is -2.26. The van der Waals surface area contributed by atoms with Gasteiger partial charge in [-0.3, -0.25) is 14.2 Å². The van der Waals surface area contributed by atoms with Crippen LogP contribution >= 0.6 is 23.1 Å². The lowest BCUT2D eigenvalue weighted by atomic mass is 10.2. The van der Waals surface area contributed by atoms with Crippen LogP contribution in [0.2, 0.25) is 0 Å². The van der Waals surface area contributed by atoms with Crippen molar-refractivity contribution in [2.24, 2.45) is 0 Å². The lowest BCUT2D eigenvalue weighted by Gasteiger charge is -2.10. The Morgan fingerprint density at radius 3 is 2.71 bits per heavy atom. The molecule has 114 valence electrons. The molecule has 0 bridgehead atoms. The largest absolute Gasteiger partial charge is 0.481 e. The average molecular weight is 334 g/mol. The molecule has 21 heavy (non-hydrogen) atoms. The van der Waals surface area contributed by atoms with E-state index in [-0.39, 0.29) is 10.9 Å². The van der Waals surface area contributed by atoms with E-state index in [0.29, 0.717) is 10.2 Å². The summed E-state index contributed by atoms with van der Waals surface area (Å²) in [5.41, 5.74) is 0.181. The van der Waals surface area contributed by atoms with E-state index in [2.05, 4.69) is 4.98 Å². The summed E-state index contributed by atoms with van der Waals surface area (Å²) in [5.74, 6) is -1.44. The molecule has 0 saturated heterocycles. The number of aliphatic carboxylic acids is 1. The van der Waals surface area contributed by atoms with Gasteiger partial charge in [0.15, 0.2) is 5.16 Å². The standard InChI is InChI=1S/C12H12F2N2O3S2/c1-5-6(2)21-10-9(5)11(19)16(3-7(13)14)12(15-10)20-4-8(17)18/h7H,3-4H2,1-2H3,(H,17,18). The van der Waals surface area contributed by atoms with Crippen LogP contribution in [-0.2, 0) is 11.3 Å². The molecule has 0 saturated carbocycles. The SMILES string of the molecule is Cc1sc2nc(SCC(=O)O)n(CC(F)F)c(=O)c2c1C. The lowest BCUT2D eigenvalue weighted by molar-refractivity contribution is -0.133. The first-order valence-electron chi connectivity index (χ1n) is 5.94. The van der Waals surface area contributed by atoms with Gasteiger partial charge in [0.1, 0.15) is 4.83 Å². The molecular formula is C12H12F2N2O3S2. The second-order valence-corrected chi connectivity index (χ2v) is 6.49. The molecule has 2 rings (SSSR count). The maximum atomic E-state index is 12.7. The van der Waals surface area contributed by atoms with Crippen molar-refractivity contribution < 1.29 is 18.7 Å². The summed E-state index contributed by atoms with van der Waals surface area (Å²) in [7, 11) is 0. The fourth-order valence-electron chi connectivity index (χ4n) is 1.84. The van der Waals surface area contributed by atoms with E-state index in [9.17, 15) is 18.4 Å². The first-order chi connectivity index (χ1) is 9.81. The highest BCUT2D eigenvalue weighted by Gasteiger charge is 2.19. The van der Waals surface area contributed by atoms with Gasteiger partial charge in [0.2, 0.25) is 0 Å². The maximum absolute atomic E-state index is 12.7. The normalized spacial score (nSPS) is 11.5. The minimum absolute atomic E-state index is 0.0106. The smallest absolute Gasteiger partial charge is 0.313 e. The molecule has 9 heteroatoms. The predicted molar refractivity (Wildman–Crippen MR) is 77.7 cm³/mol. The second-order valence-electron chi connectivity index (χ2n) is 4.35. The maximum Gasteiger partial charge on any atom is 0.313 e. The molecule has 2 heterocycles. The Morgan fingerprint density at radius 2 is 2.14 bits per heavy atom. The number of rotatable bonds is 5. The van der Waals surface area contributed by atoms with Gasteiger partial charge >= 0.3 is 5.97 Å². The highest BCUT2D eigenvalue weighted by Crippen LogP contribution is 2.28. The molecule has 0 fully saturated rings. The topological polar surface area (TPSA) is 72.2 Å². The van der Waals surface area contributed by atoms with Crippen LogP contribution in [0.5, 0.6) is 0 Å². The van der Waals surface area contributed by atoms with Crippen molar-refractivity contribution in [3.8, 4) is 0 Å². The summed E-state index contributed by atoms with van der Waals surface area (Å²) in [4.78, 5) is 28.6. The third kappa shape index (κ3) is 3.24. The molecule has 2 aromatic heterocycles. The molecule has 0 spiro atoms. The van der Waals surface area contributed by atoms with Crippen LogP contribution in [-0.4, -0.2) is 32.8 Å². The molecule has 0 unspecified atom stereocenters. The summed E-state index contributed by atoms with van der Waals surface area (Å²) in [6.45, 7) is 2.77. The number of nitrogens with zero attached hydrogens (tertiary/aromatic N) is 2. The van der Waals surface area contributed by atoms with E-state index in [1.165, 1.54) is 11.3 Å². The molecule has 2 aromatic rings. The van der Waals surface area contributed by atoms with Crippen molar-refractivity contribution in [1.29, 1.82) is 0 Å². The fourth-order valence-corrected chi connectivity index (χ4v) is 3.64. The molecule has 0 radical (unpaired) electrons. The Hall–Kier alpha value is -1.48. The highest BCUT2D eigenvalue weighted by atomic mass is 32.2. The van der Waals surface area contributed by atoms with Gasteiger partial charge in [-0.05, 0) is 19.4 Å². The van der Waals surface area contributed by atoms with E-state index in [4.69, 9.17) is 5.11 Å². The van der Waals surface area contributed by atoms with Crippen LogP contribution in [0.1, 0.15) is 10.4 Å². The zero-order chi connectivity index (χ0) is 15.7. The van der Waals surface area contributed by atoms with Crippen molar-refractivity contribution in [2.75, 3.05) is 5.75 Å². The summed E-state index contributed by atoms with van der Waals surface area (Å²) in [5, 5.41) is 9.04. The molecule has 0 amide bonds. The Balaban J connectivity index is 2.64. The Bertz CT molecular complexity index is 755. The minimum atomic E-state index is -2.72. The van der Waals surface area contributed by atoms with E-state index < -0.39 is 24.5 Å². The van der Waals surface area contributed by atoms with Crippen molar-refractivity contribution in [3.63, 3.8) is 0 Å². The van der Waals surface area contributed by atoms with Crippen LogP contribution < -0.4 is 5.56 Å². The molecule has 0 atom stereocenters. The average Bonchev–Trinajstić information content (AvgIpc) is 2.66. The molecule has 1 N–H and O–H groups in total. The number of carbonyl (C=O) groups is 1. The number of hydrogen-bond donors (Lipinski definition) is 1. The van der Waals surface area contributed by atoms with Crippen LogP contribution in [0.25, 0.3) is 10.2 Å². The first-order valence-corrected chi connectivity index (χ1v) is 7.74. The molecule has 0 aromatic carbocycles. The number of fused-ring (bicyclic) bond motifs is 1. The molecule has 5 nitrogen and oxygen atoms in total. The summed E-state index contributed by atoms with van der Waals surface area (Å²) in [6, 6.07) is 0. The predicted octanol–water partition coefficient (Wildman–Crippen LogP) is 2.52. The van der Waals surface area contributed by atoms with E-state index in [1.54, 1.807) is 6.92 Å². The van der Waals surface area contributed by atoms with Crippen molar-refractivity contribution in [2.45, 2.75) is 32.0 Å². The van der Waals surface area contributed by atoms with Gasteiger partial charge in [-0.2, -0.15) is 0 Å². The van der Waals surface area contributed by atoms with Crippen molar-refractivity contribution in [3.05, 3.63) is 20.8 Å². The monoisotopic (exact) mass is 334 g/mol. The Kier molecular flexibility index (Phi) is 4.62. The number of thioether (sulfide) groups is 1. The molecule has 0 aliphatic rings. The number of hydrogen-bond acceptors (Lipinski definition) is 5. The van der Waals surface area contributed by atoms with Gasteiger partial charge in [0.25, 0.3) is 12.0 Å². The third-order valence-corrected chi connectivity index (χ3v) is 4.96. The summed E-state index contributed by atoms with van der Waals surface area (Å²) >= 11 is 2.06. The second kappa shape index (κ2) is 6.10. The van der Waals surface area contributed by atoms with Gasteiger partial charge in [0, 0.05) is 4.88 Å². The number of thiophene rings is 1. The van der Waals surface area contributed by atoms with Crippen LogP contribution in [0.4, 0.5) is 8.78 Å². The zero-order valence-corrected chi connectivity index (χ0v) is 12.9. The summed E-state index contributed by atoms with van der Waals surface area (Å²) < 4.78 is 26.2. The molecule has 0 aliphatic heterocycles. The number of carboxylic acid groups (broad SMARTS) is 1. The van der Waals surface area contributed by atoms with Crippen LogP contribution in [0, 0.1) is 13.8 Å². The van der Waals surface area contributed by atoms with Crippen molar-refractivity contribution >= 4 is 39.3 Å². The quantitative estimate of drug-likeness (QED) is 0.672. The van der Waals surface area contributed by atoms with Gasteiger partial charge in [-0.25, -0.2) is 13.8 Å². The third-order valence-electron chi connectivity index (χ3n) is 2.90. The molecular weight excluding hydrogens is 322 g/mol.